The fraction of sp³-hybridized carbons (Fsp3) is 0.455. The summed E-state index contributed by atoms with van der Waals surface area (Å²) in [6.07, 6.45) is 2.88. The van der Waals surface area contributed by atoms with E-state index in [1.165, 1.54) is 19.5 Å². The summed E-state index contributed by atoms with van der Waals surface area (Å²) in [4.78, 5) is 19.4. The summed E-state index contributed by atoms with van der Waals surface area (Å²) in [5.41, 5.74) is -0.0874. The fourth-order valence-corrected chi connectivity index (χ4v) is 1.56. The van der Waals surface area contributed by atoms with Crippen LogP contribution in [0.1, 0.15) is 31.3 Å². The highest BCUT2D eigenvalue weighted by Crippen LogP contribution is 2.10. The molecule has 7 heteroatoms. The molecule has 1 heterocycles. The minimum atomic E-state index is -0.566. The average Bonchev–Trinajstić information content (AvgIpc) is 2.26. The van der Waals surface area contributed by atoms with Crippen molar-refractivity contribution in [2.75, 3.05) is 12.4 Å². The van der Waals surface area contributed by atoms with Crippen LogP contribution in [0.15, 0.2) is 12.4 Å². The molecule has 6 nitrogen and oxygen atoms in total. The third kappa shape index (κ3) is 4.25. The number of nitrogens with one attached hydrogen (secondary N) is 2. The lowest BCUT2D eigenvalue weighted by Crippen LogP contribution is -2.43. The molecule has 0 saturated carbocycles. The zero-order valence-electron chi connectivity index (χ0n) is 10.8. The Balaban J connectivity index is 2.85. The largest absolute Gasteiger partial charge is 0.464 e. The van der Waals surface area contributed by atoms with E-state index in [1.807, 2.05) is 20.8 Å². The van der Waals surface area contributed by atoms with Crippen molar-refractivity contribution in [1.82, 2.24) is 15.3 Å². The average molecular weight is 268 g/mol. The van der Waals surface area contributed by atoms with E-state index in [0.717, 1.165) is 0 Å². The van der Waals surface area contributed by atoms with Gasteiger partial charge in [-0.1, -0.05) is 0 Å². The fourth-order valence-electron chi connectivity index (χ4n) is 1.15. The van der Waals surface area contributed by atoms with Gasteiger partial charge < -0.3 is 15.4 Å². The van der Waals surface area contributed by atoms with Crippen LogP contribution in [0.4, 0.5) is 5.82 Å². The maximum absolute atomic E-state index is 11.5. The van der Waals surface area contributed by atoms with Gasteiger partial charge >= 0.3 is 5.97 Å². The molecule has 0 fully saturated rings. The van der Waals surface area contributed by atoms with Crippen LogP contribution >= 0.6 is 12.2 Å². The Labute approximate surface area is 111 Å². The van der Waals surface area contributed by atoms with Crippen LogP contribution < -0.4 is 10.6 Å². The summed E-state index contributed by atoms with van der Waals surface area (Å²) >= 11 is 5.12. The van der Waals surface area contributed by atoms with Crippen molar-refractivity contribution in [3.8, 4) is 0 Å². The Bertz CT molecular complexity index is 457. The first-order valence-corrected chi connectivity index (χ1v) is 5.73. The number of carbonyl (C=O) groups is 1. The standard InChI is InChI=1S/C11H16N4O2S/c1-11(2,3)15-10(18)14-8-7(9(16)17-4)12-5-6-13-8/h5-6H,1-4H3,(H2,13,14,15,18). The third-order valence-corrected chi connectivity index (χ3v) is 2.00. The van der Waals surface area contributed by atoms with Gasteiger partial charge in [-0.3, -0.25) is 0 Å². The van der Waals surface area contributed by atoms with Crippen LogP contribution in [-0.4, -0.2) is 33.7 Å². The second-order valence-corrected chi connectivity index (χ2v) is 4.98. The number of aromatic nitrogens is 2. The summed E-state index contributed by atoms with van der Waals surface area (Å²) in [5, 5.41) is 6.25. The highest BCUT2D eigenvalue weighted by Gasteiger charge is 2.17. The maximum Gasteiger partial charge on any atom is 0.360 e. The number of hydrogen-bond acceptors (Lipinski definition) is 5. The Kier molecular flexibility index (Phi) is 4.55. The van der Waals surface area contributed by atoms with Crippen LogP contribution in [-0.2, 0) is 4.74 Å². The Morgan fingerprint density at radius 3 is 2.50 bits per heavy atom. The lowest BCUT2D eigenvalue weighted by Gasteiger charge is -2.22. The zero-order chi connectivity index (χ0) is 13.8. The SMILES string of the molecule is COC(=O)c1nccnc1NC(=S)NC(C)(C)C. The first kappa shape index (κ1) is 14.3. The summed E-state index contributed by atoms with van der Waals surface area (Å²) in [6, 6.07) is 0. The molecule has 0 aromatic carbocycles. The van der Waals surface area contributed by atoms with Gasteiger partial charge in [-0.05, 0) is 33.0 Å². The topological polar surface area (TPSA) is 76.1 Å². The molecule has 0 saturated heterocycles. The third-order valence-electron chi connectivity index (χ3n) is 1.80. The molecular formula is C11H16N4O2S. The van der Waals surface area contributed by atoms with Crippen molar-refractivity contribution >= 4 is 29.1 Å². The molecule has 0 bridgehead atoms. The molecule has 0 aliphatic rings. The van der Waals surface area contributed by atoms with Crippen molar-refractivity contribution < 1.29 is 9.53 Å². The first-order chi connectivity index (χ1) is 8.33. The van der Waals surface area contributed by atoms with E-state index in [1.54, 1.807) is 0 Å². The van der Waals surface area contributed by atoms with Gasteiger partial charge in [-0.15, -0.1) is 0 Å². The zero-order valence-corrected chi connectivity index (χ0v) is 11.6. The van der Waals surface area contributed by atoms with Crippen molar-refractivity contribution in [2.45, 2.75) is 26.3 Å². The van der Waals surface area contributed by atoms with Crippen LogP contribution in [0.2, 0.25) is 0 Å². The second kappa shape index (κ2) is 5.72. The molecule has 0 aliphatic heterocycles. The van der Waals surface area contributed by atoms with Gasteiger partial charge in [0.2, 0.25) is 0 Å². The van der Waals surface area contributed by atoms with Gasteiger partial charge in [-0.2, -0.15) is 0 Å². The molecule has 0 spiro atoms. The van der Waals surface area contributed by atoms with Crippen molar-refractivity contribution in [1.29, 1.82) is 0 Å². The Morgan fingerprint density at radius 1 is 1.33 bits per heavy atom. The van der Waals surface area contributed by atoms with Gasteiger partial charge in [0.1, 0.15) is 0 Å². The molecule has 0 aliphatic carbocycles. The highest BCUT2D eigenvalue weighted by molar-refractivity contribution is 7.80. The summed E-state index contributed by atoms with van der Waals surface area (Å²) in [7, 11) is 1.28. The number of carbonyl (C=O) groups excluding carboxylic acids is 1. The van der Waals surface area contributed by atoms with Gasteiger partial charge in [0.05, 0.1) is 7.11 Å². The summed E-state index contributed by atoms with van der Waals surface area (Å²) < 4.78 is 4.61. The van der Waals surface area contributed by atoms with E-state index >= 15 is 0 Å². The normalized spacial score (nSPS) is 10.7. The Hall–Kier alpha value is -1.76. The molecule has 98 valence electrons. The van der Waals surface area contributed by atoms with Gasteiger partial charge in [0, 0.05) is 17.9 Å². The first-order valence-electron chi connectivity index (χ1n) is 5.32. The monoisotopic (exact) mass is 268 g/mol. The van der Waals surface area contributed by atoms with Crippen molar-refractivity contribution in [3.63, 3.8) is 0 Å². The number of hydrogen-bond donors (Lipinski definition) is 2. The van der Waals surface area contributed by atoms with E-state index < -0.39 is 5.97 Å². The van der Waals surface area contributed by atoms with Gasteiger partial charge in [0.25, 0.3) is 0 Å². The van der Waals surface area contributed by atoms with Crippen LogP contribution in [0, 0.1) is 0 Å². The van der Waals surface area contributed by atoms with Crippen LogP contribution in [0.3, 0.4) is 0 Å². The van der Waals surface area contributed by atoms with E-state index in [-0.39, 0.29) is 17.1 Å². The maximum atomic E-state index is 11.5. The van der Waals surface area contributed by atoms with Gasteiger partial charge in [0.15, 0.2) is 16.6 Å². The number of ether oxygens (including phenoxy) is 1. The molecule has 1 rings (SSSR count). The van der Waals surface area contributed by atoms with E-state index in [9.17, 15) is 4.79 Å². The van der Waals surface area contributed by atoms with E-state index in [4.69, 9.17) is 12.2 Å². The second-order valence-electron chi connectivity index (χ2n) is 4.57. The van der Waals surface area contributed by atoms with Crippen LogP contribution in [0.5, 0.6) is 0 Å². The number of methoxy groups -OCH3 is 1. The van der Waals surface area contributed by atoms with Gasteiger partial charge in [-0.25, -0.2) is 14.8 Å². The number of rotatable bonds is 2. The Morgan fingerprint density at radius 2 is 1.94 bits per heavy atom. The predicted molar refractivity (Wildman–Crippen MR) is 72.5 cm³/mol. The molecule has 1 aromatic rings. The molecule has 0 unspecified atom stereocenters. The minimum Gasteiger partial charge on any atom is -0.464 e. The minimum absolute atomic E-state index is 0.0954. The summed E-state index contributed by atoms with van der Waals surface area (Å²) in [6.45, 7) is 5.91. The highest BCUT2D eigenvalue weighted by atomic mass is 32.1. The number of anilines is 1. The molecule has 2 N–H and O–H groups in total. The van der Waals surface area contributed by atoms with E-state index in [0.29, 0.717) is 5.11 Å². The smallest absolute Gasteiger partial charge is 0.360 e. The molecule has 0 radical (unpaired) electrons. The lowest BCUT2D eigenvalue weighted by molar-refractivity contribution is 0.0595. The number of esters is 1. The van der Waals surface area contributed by atoms with Crippen LogP contribution in [0.25, 0.3) is 0 Å². The predicted octanol–water partition coefficient (Wildman–Crippen LogP) is 1.35. The molecule has 18 heavy (non-hydrogen) atoms. The molecule has 1 aromatic heterocycles. The number of thiocarbonyl (C=S) groups is 1. The lowest BCUT2D eigenvalue weighted by atomic mass is 10.1. The molecular weight excluding hydrogens is 252 g/mol. The van der Waals surface area contributed by atoms with Crippen molar-refractivity contribution in [2.24, 2.45) is 0 Å². The van der Waals surface area contributed by atoms with Crippen molar-refractivity contribution in [3.05, 3.63) is 18.1 Å². The van der Waals surface area contributed by atoms with E-state index in [2.05, 4.69) is 25.3 Å². The number of nitrogens with zero attached hydrogens (tertiary/aromatic N) is 2. The molecule has 0 atom stereocenters. The quantitative estimate of drug-likeness (QED) is 0.619. The molecule has 0 amide bonds. The summed E-state index contributed by atoms with van der Waals surface area (Å²) in [5.74, 6) is -0.296.